The molecule has 234 valence electrons. The molecule has 0 saturated heterocycles. The summed E-state index contributed by atoms with van der Waals surface area (Å²) in [5, 5.41) is 1.15. The van der Waals surface area contributed by atoms with E-state index in [2.05, 4.69) is 65.0 Å². The van der Waals surface area contributed by atoms with Crippen molar-refractivity contribution in [1.82, 2.24) is 0 Å². The van der Waals surface area contributed by atoms with Crippen LogP contribution in [0.15, 0.2) is 53.4 Å². The molecule has 0 heterocycles. The molecular formula is C36H61O3PS. The molecule has 0 saturated carbocycles. The van der Waals surface area contributed by atoms with Gasteiger partial charge in [-0.25, -0.2) is 0 Å². The molecule has 0 atom stereocenters. The van der Waals surface area contributed by atoms with E-state index in [1.807, 2.05) is 18.2 Å². The molecular weight excluding hydrogens is 543 g/mol. The summed E-state index contributed by atoms with van der Waals surface area (Å²) in [4.78, 5) is 0.441. The first-order chi connectivity index (χ1) is 19.8. The first-order valence-corrected chi connectivity index (χ1v) is 21.1. The Labute approximate surface area is 254 Å². The van der Waals surface area contributed by atoms with Gasteiger partial charge in [-0.2, -0.15) is 0 Å². The van der Waals surface area contributed by atoms with Gasteiger partial charge in [-0.15, -0.1) is 0 Å². The molecule has 41 heavy (non-hydrogen) atoms. The zero-order valence-corrected chi connectivity index (χ0v) is 28.8. The third-order valence-electron chi connectivity index (χ3n) is 8.88. The van der Waals surface area contributed by atoms with Gasteiger partial charge >= 0.3 is 255 Å². The van der Waals surface area contributed by atoms with Crippen LogP contribution in [0.25, 0.3) is 0 Å². The van der Waals surface area contributed by atoms with Crippen molar-refractivity contribution < 1.29 is 12.4 Å². The monoisotopic (exact) mass is 604 g/mol. The van der Waals surface area contributed by atoms with Crippen molar-refractivity contribution in [2.45, 2.75) is 142 Å². The van der Waals surface area contributed by atoms with E-state index < -0.39 is 16.9 Å². The number of unbranched alkanes of at least 4 members (excludes halogenated alkanes) is 9. The van der Waals surface area contributed by atoms with Crippen LogP contribution in [-0.4, -0.2) is 26.9 Å². The van der Waals surface area contributed by atoms with Crippen molar-refractivity contribution >= 4 is 22.3 Å². The zero-order chi connectivity index (χ0) is 30.1. The van der Waals surface area contributed by atoms with Crippen LogP contribution in [0, 0.1) is 0 Å². The molecule has 0 radical (unpaired) electrons. The van der Waals surface area contributed by atoms with Gasteiger partial charge in [0.1, 0.15) is 0 Å². The first kappa shape index (κ1) is 36.0. The van der Waals surface area contributed by atoms with Gasteiger partial charge in [-0.3, -0.25) is 0 Å². The second-order valence-corrected chi connectivity index (χ2v) is 19.3. The number of rotatable bonds is 23. The first-order valence-electron chi connectivity index (χ1n) is 17.0. The van der Waals surface area contributed by atoms with Crippen LogP contribution in [0.5, 0.6) is 0 Å². The molecule has 0 amide bonds. The van der Waals surface area contributed by atoms with Crippen molar-refractivity contribution in [3.8, 4) is 0 Å². The van der Waals surface area contributed by atoms with Crippen molar-refractivity contribution in [2.75, 3.05) is 18.5 Å². The number of hydrogen-bond donors (Lipinski definition) is 0. The van der Waals surface area contributed by atoms with Gasteiger partial charge in [0.05, 0.1) is 0 Å². The molecule has 2 aromatic carbocycles. The van der Waals surface area contributed by atoms with Crippen molar-refractivity contribution in [1.29, 1.82) is 0 Å². The van der Waals surface area contributed by atoms with E-state index in [1.165, 1.54) is 37.7 Å². The van der Waals surface area contributed by atoms with Crippen molar-refractivity contribution in [2.24, 2.45) is 0 Å². The van der Waals surface area contributed by atoms with Crippen LogP contribution in [0.1, 0.15) is 136 Å². The standard InChI is InChI=1S/C36H61O3PS/c1-6-11-16-19-24-33-25-23-29-36(35(33)28-22-17-12-7-2)41(37,38)39-40(30-13-8-3,31-14-9-4,32-15-10-5)34-26-20-18-21-27-34/h18,20-21,23,25-27,29H,6-17,19,22,24,28,30-32H2,1-5H3. The van der Waals surface area contributed by atoms with Crippen LogP contribution >= 0.6 is 6.83 Å². The zero-order valence-electron chi connectivity index (χ0n) is 27.1. The molecule has 0 N–H and O–H groups in total. The number of aryl methyl sites for hydroxylation is 1. The Bertz CT molecular complexity index is 1070. The van der Waals surface area contributed by atoms with Gasteiger partial charge in [0.25, 0.3) is 0 Å². The van der Waals surface area contributed by atoms with E-state index in [9.17, 15) is 8.42 Å². The van der Waals surface area contributed by atoms with Gasteiger partial charge < -0.3 is 0 Å². The molecule has 0 aliphatic carbocycles. The Morgan fingerprint density at radius 1 is 0.561 bits per heavy atom. The molecule has 0 aliphatic heterocycles. The van der Waals surface area contributed by atoms with Crippen LogP contribution in [0.4, 0.5) is 0 Å². The summed E-state index contributed by atoms with van der Waals surface area (Å²) < 4.78 is 36.6. The number of hydrogen-bond acceptors (Lipinski definition) is 3. The van der Waals surface area contributed by atoms with Gasteiger partial charge in [0.2, 0.25) is 0 Å². The summed E-state index contributed by atoms with van der Waals surface area (Å²) in [5.74, 6) is 0. The van der Waals surface area contributed by atoms with Crippen molar-refractivity contribution in [3.05, 3.63) is 59.7 Å². The van der Waals surface area contributed by atoms with Crippen LogP contribution in [0.2, 0.25) is 0 Å². The predicted molar refractivity (Wildman–Crippen MR) is 183 cm³/mol. The summed E-state index contributed by atoms with van der Waals surface area (Å²) in [6, 6.07) is 16.5. The summed E-state index contributed by atoms with van der Waals surface area (Å²) in [7, 11) is -3.99. The van der Waals surface area contributed by atoms with Gasteiger partial charge in [-0.05, 0) is 0 Å². The molecule has 0 bridgehead atoms. The Hall–Kier alpha value is -1.22. The van der Waals surface area contributed by atoms with E-state index >= 15 is 0 Å². The summed E-state index contributed by atoms with van der Waals surface area (Å²) >= 11 is 0. The summed E-state index contributed by atoms with van der Waals surface area (Å²) in [6.07, 6.45) is 19.5. The Kier molecular flexibility index (Phi) is 16.2. The van der Waals surface area contributed by atoms with E-state index in [0.29, 0.717) is 4.90 Å². The molecule has 0 unspecified atom stereocenters. The van der Waals surface area contributed by atoms with Gasteiger partial charge in [0.15, 0.2) is 0 Å². The van der Waals surface area contributed by atoms with E-state index in [4.69, 9.17) is 3.97 Å². The minimum atomic E-state index is -3.99. The third-order valence-corrected chi connectivity index (χ3v) is 17.8. The van der Waals surface area contributed by atoms with Crippen molar-refractivity contribution in [3.63, 3.8) is 0 Å². The van der Waals surface area contributed by atoms with Gasteiger partial charge in [0, 0.05) is 0 Å². The average molecular weight is 605 g/mol. The minimum absolute atomic E-state index is 0.441. The Morgan fingerprint density at radius 3 is 1.59 bits per heavy atom. The second-order valence-electron chi connectivity index (χ2n) is 12.2. The molecule has 2 aromatic rings. The molecule has 2 rings (SSSR count). The SMILES string of the molecule is CCCCCCc1cccc(S(=O)(=O)OP(CCCC)(CCCC)(CCCC)c2ccccc2)c1CCCCCC. The van der Waals surface area contributed by atoms with Gasteiger partial charge in [-0.1, -0.05) is 0 Å². The molecule has 0 spiro atoms. The van der Waals surface area contributed by atoms with Crippen LogP contribution in [-0.2, 0) is 26.9 Å². The predicted octanol–water partition coefficient (Wildman–Crippen LogP) is 10.8. The van der Waals surface area contributed by atoms with Crippen LogP contribution < -0.4 is 5.30 Å². The Morgan fingerprint density at radius 2 is 1.07 bits per heavy atom. The second kappa shape index (κ2) is 18.4. The third kappa shape index (κ3) is 10.2. The van der Waals surface area contributed by atoms with E-state index in [-0.39, 0.29) is 0 Å². The van der Waals surface area contributed by atoms with Crippen LogP contribution in [0.3, 0.4) is 0 Å². The topological polar surface area (TPSA) is 43.4 Å². The summed E-state index contributed by atoms with van der Waals surface area (Å²) in [6.45, 7) is 7.76. The molecule has 5 heteroatoms. The summed E-state index contributed by atoms with van der Waals surface area (Å²) in [5.41, 5.74) is 2.23. The normalized spacial score (nSPS) is 13.2. The Balaban J connectivity index is 2.71. The fourth-order valence-corrected chi connectivity index (χ4v) is 16.3. The quantitative estimate of drug-likeness (QED) is 0.0936. The molecule has 0 aliphatic rings. The number of benzene rings is 2. The molecule has 0 fully saturated rings. The molecule has 0 aromatic heterocycles. The maximum absolute atomic E-state index is 14.8. The van der Waals surface area contributed by atoms with E-state index in [0.717, 1.165) is 100.0 Å². The average Bonchev–Trinajstić information content (AvgIpc) is 2.99. The fourth-order valence-electron chi connectivity index (χ4n) is 6.39. The molecule has 3 nitrogen and oxygen atoms in total. The van der Waals surface area contributed by atoms with E-state index in [1.54, 1.807) is 0 Å². The fraction of sp³-hybridized carbons (Fsp3) is 0.667. The maximum atomic E-state index is 14.8.